The molecule has 0 aliphatic heterocycles. The number of carbonyl (C=O) groups excluding carboxylic acids is 2. The largest absolute Gasteiger partial charge is 0.377 e. The fourth-order valence-corrected chi connectivity index (χ4v) is 4.37. The maximum atomic E-state index is 14.6. The third-order valence-electron chi connectivity index (χ3n) is 6.07. The molecule has 3 aromatic heterocycles. The molecule has 3 atom stereocenters. The molecule has 0 spiro atoms. The zero-order chi connectivity index (χ0) is 28.4. The van der Waals surface area contributed by atoms with E-state index in [0.29, 0.717) is 22.6 Å². The molecule has 0 radical (unpaired) electrons. The van der Waals surface area contributed by atoms with Crippen LogP contribution < -0.4 is 11.1 Å². The van der Waals surface area contributed by atoms with E-state index in [2.05, 4.69) is 28.4 Å². The summed E-state index contributed by atoms with van der Waals surface area (Å²) in [5.41, 5.74) is 9.43. The number of amides is 1. The standard InChI is InChI=1S/C23H22ClFN6O.C2H6.C2H2.CH2O/c1-13-2-7-19(21(13)25)28-22-17(23(26)32)11-27-31-12-16(10-20(22)31)30-9-8-18(29-30)14-3-5-15(24)6-4-14;3*1-2/h3-6,8-13,19,21,28H,2,7H2,1H3,(H2,26,32);1-2H3;1-2H;1H2/t13-,19+,21-;;;/m0.../s1. The predicted molar refractivity (Wildman–Crippen MR) is 150 cm³/mol. The number of rotatable bonds is 5. The number of nitrogens with zero attached hydrogens (tertiary/aromatic N) is 4. The van der Waals surface area contributed by atoms with Crippen LogP contribution in [0.5, 0.6) is 0 Å². The predicted octanol–water partition coefficient (Wildman–Crippen LogP) is 5.58. The Bertz CT molecular complexity index is 1360. The van der Waals surface area contributed by atoms with Crippen LogP contribution in [0.25, 0.3) is 22.5 Å². The van der Waals surface area contributed by atoms with E-state index < -0.39 is 12.1 Å². The second-order valence-corrected chi connectivity index (χ2v) is 8.66. The van der Waals surface area contributed by atoms with Crippen LogP contribution in [0.1, 0.15) is 44.0 Å². The highest BCUT2D eigenvalue weighted by Gasteiger charge is 2.34. The van der Waals surface area contributed by atoms with E-state index in [0.717, 1.165) is 23.4 Å². The van der Waals surface area contributed by atoms with Gasteiger partial charge in [-0.1, -0.05) is 44.5 Å². The van der Waals surface area contributed by atoms with Gasteiger partial charge in [0.05, 0.1) is 46.6 Å². The van der Waals surface area contributed by atoms with Crippen molar-refractivity contribution in [1.29, 1.82) is 0 Å². The van der Waals surface area contributed by atoms with Gasteiger partial charge in [0.1, 0.15) is 13.0 Å². The SMILES string of the molecule is C#C.C=O.CC.C[C@H]1CC[C@@H](Nc2c(C(N)=O)cnn3cc(-n4ccc(-c5ccc(Cl)cc5)n4)cc23)[C@H]1F. The van der Waals surface area contributed by atoms with Gasteiger partial charge in [-0.05, 0) is 43.0 Å². The molecule has 0 bridgehead atoms. The van der Waals surface area contributed by atoms with Gasteiger partial charge in [-0.15, -0.1) is 12.8 Å². The Morgan fingerprint density at radius 2 is 1.84 bits per heavy atom. The summed E-state index contributed by atoms with van der Waals surface area (Å²) >= 11 is 5.98. The first kappa shape index (κ1) is 30.1. The first-order chi connectivity index (χ1) is 18.4. The first-order valence-electron chi connectivity index (χ1n) is 12.1. The zero-order valence-electron chi connectivity index (χ0n) is 21.6. The molecule has 1 amide bonds. The number of carbonyl (C=O) groups is 2. The molecule has 1 aliphatic carbocycles. The number of anilines is 1. The lowest BCUT2D eigenvalue weighted by atomic mass is 10.1. The van der Waals surface area contributed by atoms with E-state index in [4.69, 9.17) is 22.1 Å². The maximum absolute atomic E-state index is 14.6. The molecular formula is C28H32ClFN6O2. The second-order valence-electron chi connectivity index (χ2n) is 8.23. The molecular weight excluding hydrogens is 507 g/mol. The minimum Gasteiger partial charge on any atom is -0.377 e. The van der Waals surface area contributed by atoms with Gasteiger partial charge >= 0.3 is 0 Å². The number of terminal acetylenes is 1. The Morgan fingerprint density at radius 3 is 2.42 bits per heavy atom. The Morgan fingerprint density at radius 1 is 1.18 bits per heavy atom. The molecule has 1 aliphatic rings. The molecule has 3 N–H and O–H groups in total. The fourth-order valence-electron chi connectivity index (χ4n) is 4.24. The van der Waals surface area contributed by atoms with E-state index >= 15 is 0 Å². The minimum absolute atomic E-state index is 0.0277. The highest BCUT2D eigenvalue weighted by Crippen LogP contribution is 2.33. The van der Waals surface area contributed by atoms with Crippen molar-refractivity contribution in [2.45, 2.75) is 45.8 Å². The highest BCUT2D eigenvalue weighted by molar-refractivity contribution is 6.30. The molecule has 4 aromatic rings. The number of fused-ring (bicyclic) bond motifs is 1. The van der Waals surface area contributed by atoms with Crippen molar-refractivity contribution < 1.29 is 14.0 Å². The quantitative estimate of drug-likeness (QED) is 0.323. The number of alkyl halides is 1. The summed E-state index contributed by atoms with van der Waals surface area (Å²) in [4.78, 5) is 20.1. The fraction of sp³-hybridized carbons (Fsp3) is 0.286. The average molecular weight is 539 g/mol. The van der Waals surface area contributed by atoms with Crippen molar-refractivity contribution in [3.63, 3.8) is 0 Å². The van der Waals surface area contributed by atoms with E-state index in [1.807, 2.05) is 70.2 Å². The highest BCUT2D eigenvalue weighted by atomic mass is 35.5. The smallest absolute Gasteiger partial charge is 0.252 e. The Balaban J connectivity index is 0.000000791. The number of benzene rings is 1. The number of nitrogens with two attached hydrogens (primary N) is 1. The molecule has 0 saturated heterocycles. The summed E-state index contributed by atoms with van der Waals surface area (Å²) in [7, 11) is 0. The first-order valence-corrected chi connectivity index (χ1v) is 12.4. The summed E-state index contributed by atoms with van der Waals surface area (Å²) in [6, 6.07) is 10.8. The van der Waals surface area contributed by atoms with Gasteiger partial charge in [0.2, 0.25) is 0 Å². The van der Waals surface area contributed by atoms with Gasteiger partial charge < -0.3 is 15.8 Å². The van der Waals surface area contributed by atoms with Gasteiger partial charge in [0.15, 0.2) is 0 Å². The van der Waals surface area contributed by atoms with Gasteiger partial charge in [-0.25, -0.2) is 13.6 Å². The lowest BCUT2D eigenvalue weighted by Crippen LogP contribution is -2.29. The summed E-state index contributed by atoms with van der Waals surface area (Å²) in [5, 5.41) is 12.9. The monoisotopic (exact) mass is 538 g/mol. The van der Waals surface area contributed by atoms with Crippen LogP contribution in [0.15, 0.2) is 55.0 Å². The normalized spacial score (nSPS) is 17.7. The lowest BCUT2D eigenvalue weighted by molar-refractivity contribution is -0.0980. The van der Waals surface area contributed by atoms with Gasteiger partial charge in [-0.3, -0.25) is 4.79 Å². The Kier molecular flexibility index (Phi) is 11.0. The minimum atomic E-state index is -0.994. The number of halogens is 2. The van der Waals surface area contributed by atoms with Crippen LogP contribution in [-0.4, -0.2) is 44.3 Å². The maximum Gasteiger partial charge on any atom is 0.252 e. The van der Waals surface area contributed by atoms with E-state index in [1.165, 1.54) is 6.20 Å². The number of nitrogens with one attached hydrogen (secondary N) is 1. The summed E-state index contributed by atoms with van der Waals surface area (Å²) in [5.74, 6) is -0.643. The van der Waals surface area contributed by atoms with Crippen LogP contribution in [0.2, 0.25) is 5.02 Å². The van der Waals surface area contributed by atoms with Crippen molar-refractivity contribution >= 4 is 35.5 Å². The molecule has 1 fully saturated rings. The third-order valence-corrected chi connectivity index (χ3v) is 6.32. The Hall–Kier alpha value is -4.16. The van der Waals surface area contributed by atoms with Crippen molar-refractivity contribution in [1.82, 2.24) is 19.4 Å². The lowest BCUT2D eigenvalue weighted by Gasteiger charge is -2.20. The molecule has 8 nitrogen and oxygen atoms in total. The average Bonchev–Trinajstić information content (AvgIpc) is 3.68. The van der Waals surface area contributed by atoms with Crippen LogP contribution in [0.3, 0.4) is 0 Å². The second kappa shape index (κ2) is 14.0. The van der Waals surface area contributed by atoms with Gasteiger partial charge in [-0.2, -0.15) is 10.2 Å². The number of primary amides is 1. The summed E-state index contributed by atoms with van der Waals surface area (Å²) < 4.78 is 18.0. The summed E-state index contributed by atoms with van der Waals surface area (Å²) in [6.07, 6.45) is 13.5. The van der Waals surface area contributed by atoms with E-state index in [-0.39, 0.29) is 17.5 Å². The molecule has 1 aromatic carbocycles. The zero-order valence-corrected chi connectivity index (χ0v) is 22.4. The van der Waals surface area contributed by atoms with Crippen molar-refractivity contribution in [3.05, 3.63) is 65.6 Å². The molecule has 38 heavy (non-hydrogen) atoms. The molecule has 5 rings (SSSR count). The van der Waals surface area contributed by atoms with Crippen LogP contribution >= 0.6 is 11.6 Å². The molecule has 3 heterocycles. The summed E-state index contributed by atoms with van der Waals surface area (Å²) in [6.45, 7) is 7.90. The van der Waals surface area contributed by atoms with Gasteiger partial charge in [0, 0.05) is 16.8 Å². The van der Waals surface area contributed by atoms with Crippen LogP contribution in [-0.2, 0) is 4.79 Å². The van der Waals surface area contributed by atoms with Crippen LogP contribution in [0, 0.1) is 18.8 Å². The van der Waals surface area contributed by atoms with E-state index in [9.17, 15) is 9.18 Å². The van der Waals surface area contributed by atoms with Crippen LogP contribution in [0.4, 0.5) is 10.1 Å². The van der Waals surface area contributed by atoms with E-state index in [1.54, 1.807) is 15.4 Å². The third kappa shape index (κ3) is 6.39. The van der Waals surface area contributed by atoms with Crippen molar-refractivity contribution in [2.24, 2.45) is 11.7 Å². The molecule has 1 saturated carbocycles. The van der Waals surface area contributed by atoms with Gasteiger partial charge in [0.25, 0.3) is 5.91 Å². The molecule has 10 heteroatoms. The number of hydrogen-bond acceptors (Lipinski definition) is 5. The topological polar surface area (TPSA) is 107 Å². The Labute approximate surface area is 227 Å². The van der Waals surface area contributed by atoms with Crippen molar-refractivity contribution in [2.75, 3.05) is 5.32 Å². The molecule has 0 unspecified atom stereocenters. The number of aromatic nitrogens is 4. The number of hydrogen-bond donors (Lipinski definition) is 2. The van der Waals surface area contributed by atoms with Crippen molar-refractivity contribution in [3.8, 4) is 29.8 Å². The molecule has 200 valence electrons.